The van der Waals surface area contributed by atoms with Crippen molar-refractivity contribution in [3.8, 4) is 6.01 Å². The Kier molecular flexibility index (Phi) is 11.7. The van der Waals surface area contributed by atoms with Crippen molar-refractivity contribution >= 4 is 67.1 Å². The maximum absolute atomic E-state index is 12.3. The molecule has 0 spiro atoms. The molecule has 276 valence electrons. The van der Waals surface area contributed by atoms with Gasteiger partial charge in [0.25, 0.3) is 11.1 Å². The lowest BCUT2D eigenvalue weighted by Crippen LogP contribution is -2.16. The molecule has 0 saturated heterocycles. The standard InChI is InChI=1S/C17H15N3O4S.C10H10N2O4S.C8H9NOS/c1-2-9-7-12(21)23-16-13(9)15(22)18-17(19-16)24-20-14(10-3-4-10)11-5-6-25-8-11;1-3-5-4-6(13)16-9-7(5)8(14)11-10(12-9)17(2)15;10-9-8(6-1-2-6)7-3-4-11-5-7/h5-8,10H,2-4H2,1H3,(H,18,19,22);4H,3H2,1-2H3,(H,11,12,14);3-6,10H,1-2H2/b20-14+;;9-8+. The summed E-state index contributed by atoms with van der Waals surface area (Å²) in [4.78, 5) is 65.3. The van der Waals surface area contributed by atoms with E-state index in [1.165, 1.54) is 31.2 Å². The Hall–Kier alpha value is -5.33. The van der Waals surface area contributed by atoms with Gasteiger partial charge in [0.05, 0.1) is 22.2 Å². The summed E-state index contributed by atoms with van der Waals surface area (Å²) in [5.74, 6) is 0.890. The lowest BCUT2D eigenvalue weighted by atomic mass is 10.1. The van der Waals surface area contributed by atoms with Gasteiger partial charge < -0.3 is 18.9 Å². The van der Waals surface area contributed by atoms with Crippen molar-refractivity contribution in [1.29, 1.82) is 0 Å². The fraction of sp³-hybridized carbons (Fsp3) is 0.314. The van der Waals surface area contributed by atoms with Crippen LogP contribution >= 0.6 is 22.7 Å². The highest BCUT2D eigenvalue weighted by atomic mass is 32.2. The highest BCUT2D eigenvalue weighted by Gasteiger charge is 2.30. The molecule has 6 aromatic rings. The van der Waals surface area contributed by atoms with Gasteiger partial charge in [-0.2, -0.15) is 32.6 Å². The first-order valence-electron chi connectivity index (χ1n) is 16.6. The van der Waals surface area contributed by atoms with Crippen molar-refractivity contribution < 1.29 is 23.1 Å². The predicted octanol–water partition coefficient (Wildman–Crippen LogP) is 5.21. The van der Waals surface area contributed by atoms with Gasteiger partial charge in [-0.05, 0) is 83.3 Å². The van der Waals surface area contributed by atoms with Crippen molar-refractivity contribution in [1.82, 2.24) is 19.9 Å². The van der Waals surface area contributed by atoms with E-state index in [1.807, 2.05) is 47.5 Å². The number of nitrogens with zero attached hydrogens (tertiary/aromatic N) is 4. The molecular formula is C35H34N6O9S3. The third kappa shape index (κ3) is 9.01. The average molecular weight is 779 g/mol. The second-order valence-corrected chi connectivity index (χ2v) is 14.9. The van der Waals surface area contributed by atoms with E-state index in [-0.39, 0.29) is 33.4 Å². The number of aromatic nitrogens is 4. The zero-order valence-corrected chi connectivity index (χ0v) is 31.2. The van der Waals surface area contributed by atoms with Crippen LogP contribution in [0.15, 0.2) is 89.3 Å². The van der Waals surface area contributed by atoms with Crippen molar-refractivity contribution in [2.75, 3.05) is 6.26 Å². The Balaban J connectivity index is 0.000000148. The van der Waals surface area contributed by atoms with Gasteiger partial charge in [-0.3, -0.25) is 23.8 Å². The van der Waals surface area contributed by atoms with Crippen molar-refractivity contribution in [3.63, 3.8) is 0 Å². The molecule has 15 nitrogen and oxygen atoms in total. The molecule has 0 bridgehead atoms. The maximum Gasteiger partial charge on any atom is 0.337 e. The highest BCUT2D eigenvalue weighted by molar-refractivity contribution is 7.84. The van der Waals surface area contributed by atoms with Crippen molar-refractivity contribution in [2.24, 2.45) is 22.1 Å². The minimum Gasteiger partial charge on any atom is -0.411 e. The molecule has 0 radical (unpaired) electrons. The minimum absolute atomic E-state index is 0.00102. The number of H-pyrrole nitrogens is 2. The number of thiophene rings is 2. The van der Waals surface area contributed by atoms with Crippen molar-refractivity contribution in [2.45, 2.75) is 57.5 Å². The summed E-state index contributed by atoms with van der Waals surface area (Å²) in [6, 6.07) is 6.45. The SMILES string of the molecule is CCc1cc(=O)oc2nc(O/N=C(/c3ccsc3)C3CC3)[nH]c(=O)c12.CCc1cc(=O)oc2nc(S(C)=O)[nH]c(=O)c12.O/N=C(/c1ccsc1)C1CC1. The van der Waals surface area contributed by atoms with Crippen LogP contribution in [0.4, 0.5) is 0 Å². The van der Waals surface area contributed by atoms with Gasteiger partial charge in [-0.15, -0.1) is 0 Å². The summed E-state index contributed by atoms with van der Waals surface area (Å²) >= 11 is 3.22. The maximum atomic E-state index is 12.3. The molecule has 2 aliphatic carbocycles. The van der Waals surface area contributed by atoms with E-state index in [9.17, 15) is 23.4 Å². The lowest BCUT2D eigenvalue weighted by molar-refractivity contribution is 0.310. The molecule has 2 aliphatic rings. The molecule has 6 heterocycles. The van der Waals surface area contributed by atoms with Crippen LogP contribution in [0.3, 0.4) is 0 Å². The van der Waals surface area contributed by atoms with E-state index in [0.29, 0.717) is 35.8 Å². The fourth-order valence-electron chi connectivity index (χ4n) is 5.36. The second kappa shape index (κ2) is 16.6. The Labute approximate surface area is 310 Å². The third-order valence-corrected chi connectivity index (χ3v) is 10.4. The Bertz CT molecular complexity index is 2560. The van der Waals surface area contributed by atoms with Crippen LogP contribution in [0.25, 0.3) is 22.2 Å². The van der Waals surface area contributed by atoms with Crippen molar-refractivity contribution in [3.05, 3.63) is 110 Å². The first-order valence-corrected chi connectivity index (χ1v) is 20.0. The van der Waals surface area contributed by atoms with E-state index in [2.05, 4.69) is 30.2 Å². The number of fused-ring (bicyclic) bond motifs is 2. The van der Waals surface area contributed by atoms with Crippen LogP contribution in [-0.2, 0) is 23.6 Å². The zero-order chi connectivity index (χ0) is 37.6. The Morgan fingerprint density at radius 3 is 1.83 bits per heavy atom. The first-order chi connectivity index (χ1) is 25.6. The minimum atomic E-state index is -1.44. The van der Waals surface area contributed by atoms with Crippen LogP contribution in [-0.4, -0.2) is 47.0 Å². The van der Waals surface area contributed by atoms with Gasteiger partial charge >= 0.3 is 17.3 Å². The molecule has 53 heavy (non-hydrogen) atoms. The molecule has 6 aromatic heterocycles. The monoisotopic (exact) mass is 778 g/mol. The van der Waals surface area contributed by atoms with Gasteiger partial charge in [0.1, 0.15) is 10.8 Å². The summed E-state index contributed by atoms with van der Waals surface area (Å²) in [7, 11) is -1.44. The fourth-order valence-corrected chi connectivity index (χ4v) is 7.11. The number of hydrogen-bond donors (Lipinski definition) is 3. The van der Waals surface area contributed by atoms with Gasteiger partial charge in [-0.25, -0.2) is 9.59 Å². The van der Waals surface area contributed by atoms with Crippen LogP contribution in [0, 0.1) is 11.8 Å². The van der Waals surface area contributed by atoms with E-state index in [4.69, 9.17) is 18.9 Å². The topological polar surface area (TPSA) is 223 Å². The van der Waals surface area contributed by atoms with E-state index >= 15 is 0 Å². The number of rotatable bonds is 9. The number of hydrogen-bond acceptors (Lipinski definition) is 15. The predicted molar refractivity (Wildman–Crippen MR) is 202 cm³/mol. The molecule has 1 atom stereocenters. The highest BCUT2D eigenvalue weighted by Crippen LogP contribution is 2.34. The van der Waals surface area contributed by atoms with E-state index in [1.54, 1.807) is 22.7 Å². The molecule has 18 heteroatoms. The van der Waals surface area contributed by atoms with Gasteiger partial charge in [-0.1, -0.05) is 24.2 Å². The number of aromatic amines is 2. The number of oxime groups is 2. The molecule has 3 N–H and O–H groups in total. The molecule has 2 fully saturated rings. The Morgan fingerprint density at radius 1 is 0.849 bits per heavy atom. The lowest BCUT2D eigenvalue weighted by Gasteiger charge is -2.04. The largest absolute Gasteiger partial charge is 0.411 e. The van der Waals surface area contributed by atoms with Gasteiger partial charge in [0, 0.05) is 41.4 Å². The van der Waals surface area contributed by atoms with Crippen LogP contribution in [0.5, 0.6) is 6.01 Å². The van der Waals surface area contributed by atoms with Crippen LogP contribution in [0.1, 0.15) is 61.8 Å². The third-order valence-electron chi connectivity index (χ3n) is 8.28. The summed E-state index contributed by atoms with van der Waals surface area (Å²) in [5.41, 5.74) is 2.87. The molecule has 0 amide bonds. The van der Waals surface area contributed by atoms with Gasteiger partial charge in [0.15, 0.2) is 0 Å². The molecular weight excluding hydrogens is 745 g/mol. The molecule has 0 aliphatic heterocycles. The molecule has 0 aromatic carbocycles. The van der Waals surface area contributed by atoms with Crippen LogP contribution in [0.2, 0.25) is 0 Å². The van der Waals surface area contributed by atoms with Gasteiger partial charge in [0.2, 0.25) is 16.6 Å². The summed E-state index contributed by atoms with van der Waals surface area (Å²) < 4.78 is 21.1. The molecule has 8 rings (SSSR count). The van der Waals surface area contributed by atoms with Crippen LogP contribution < -0.4 is 27.2 Å². The number of aryl methyl sites for hydroxylation is 2. The average Bonchev–Trinajstić information content (AvgIpc) is 4.04. The van der Waals surface area contributed by atoms with E-state index in [0.717, 1.165) is 35.4 Å². The summed E-state index contributed by atoms with van der Waals surface area (Å²) in [6.45, 7) is 3.67. The van der Waals surface area contributed by atoms with E-state index < -0.39 is 33.2 Å². The number of nitrogens with one attached hydrogen (secondary N) is 2. The molecule has 2 saturated carbocycles. The Morgan fingerprint density at radius 2 is 1.36 bits per heavy atom. The smallest absolute Gasteiger partial charge is 0.337 e. The first kappa shape index (κ1) is 37.4. The summed E-state index contributed by atoms with van der Waals surface area (Å²) in [5, 5.41) is 24.7. The normalized spacial score (nSPS) is 15.0. The second-order valence-electron chi connectivity index (χ2n) is 12.1. The quantitative estimate of drug-likeness (QED) is 0.0748. The zero-order valence-electron chi connectivity index (χ0n) is 28.7. The molecule has 1 unspecified atom stereocenters. The summed E-state index contributed by atoms with van der Waals surface area (Å²) in [6.07, 6.45) is 6.90.